The van der Waals surface area contributed by atoms with E-state index in [1.807, 2.05) is 13.8 Å². The number of rotatable bonds is 1. The van der Waals surface area contributed by atoms with Gasteiger partial charge >= 0.3 is 44.1 Å². The summed E-state index contributed by atoms with van der Waals surface area (Å²) in [6.45, 7) is 4.00. The molecule has 77 valence electrons. The fourth-order valence-corrected chi connectivity index (χ4v) is 0.626. The molecule has 0 fully saturated rings. The number of carbonyl (C=O) groups is 1. The molecule has 0 aromatic heterocycles. The zero-order chi connectivity index (χ0) is 11.6. The molecule has 1 radical (unpaired) electrons. The van der Waals surface area contributed by atoms with E-state index in [4.69, 9.17) is 10.8 Å². The van der Waals surface area contributed by atoms with E-state index in [0.29, 0.717) is 5.69 Å². The summed E-state index contributed by atoms with van der Waals surface area (Å²) in [5.74, 6) is -0.931. The second-order valence-corrected chi connectivity index (χ2v) is 1.93. The number of carboxylic acids is 1. The first-order chi connectivity index (χ1) is 6.70. The van der Waals surface area contributed by atoms with E-state index in [2.05, 4.69) is 3.20 Å². The van der Waals surface area contributed by atoms with Gasteiger partial charge in [-0.1, -0.05) is 13.8 Å². The van der Waals surface area contributed by atoms with E-state index in [1.165, 1.54) is 12.1 Å². The molecule has 0 amide bonds. The van der Waals surface area contributed by atoms with Gasteiger partial charge in [0.2, 0.25) is 0 Å². The van der Waals surface area contributed by atoms with Crippen molar-refractivity contribution >= 4 is 49.8 Å². The number of benzene rings is 1. The van der Waals surface area contributed by atoms with Gasteiger partial charge in [-0.05, 0) is 24.3 Å². The van der Waals surface area contributed by atoms with Crippen LogP contribution in [0.4, 0.5) is 5.69 Å². The second kappa shape index (κ2) is 19.5. The Balaban J connectivity index is -0.000000109. The molecule has 1 aromatic rings. The van der Waals surface area contributed by atoms with Crippen molar-refractivity contribution in [2.75, 3.05) is 5.73 Å². The van der Waals surface area contributed by atoms with Crippen molar-refractivity contribution in [1.29, 1.82) is 0 Å². The maximum Gasteiger partial charge on any atom is 0 e. The second-order valence-electron chi connectivity index (χ2n) is 1.93. The van der Waals surface area contributed by atoms with Crippen LogP contribution in [0.25, 0.3) is 0 Å². The molecule has 0 spiro atoms. The van der Waals surface area contributed by atoms with Crippen LogP contribution in [0.2, 0.25) is 0 Å². The molecule has 0 saturated heterocycles. The molecule has 3 N–H and O–H groups in total. The standard InChI is InChI=1S/C7H7NO2.C2H6.B.Ca.Cd.Ce/c8-6-3-1-5(2-4-6)7(9)10;1-2;;;;/h1-4H,8H2,(H,9,10);1-2H3;;;;. The van der Waals surface area contributed by atoms with Gasteiger partial charge in [0.15, 0.2) is 0 Å². The van der Waals surface area contributed by atoms with Crippen LogP contribution in [-0.4, -0.2) is 49.2 Å². The SMILES string of the molecule is CC.Nc1ccc(C(=O)O)cc1.[B]=[Ca].[Cd].[Ce]. The molecule has 1 aromatic carbocycles. The maximum atomic E-state index is 10.3. The normalized spacial score (nSPS) is 6.44. The smallest absolute Gasteiger partial charge is 0 e. The van der Waals surface area contributed by atoms with Crippen molar-refractivity contribution in [3.05, 3.63) is 29.8 Å². The van der Waals surface area contributed by atoms with Crippen LogP contribution in [0.1, 0.15) is 24.2 Å². The first-order valence-corrected chi connectivity index (χ1v) is 5.47. The molecular weight excluding hydrogens is 458 g/mol. The van der Waals surface area contributed by atoms with Gasteiger partial charge in [-0.25, -0.2) is 4.79 Å². The van der Waals surface area contributed by atoms with Gasteiger partial charge in [0.25, 0.3) is 0 Å². The maximum absolute atomic E-state index is 10.3. The van der Waals surface area contributed by atoms with Gasteiger partial charge in [0.1, 0.15) is 0 Å². The minimum absolute atomic E-state index is 0. The molecule has 0 heterocycles. The number of anilines is 1. The number of hydrogen-bond donors (Lipinski definition) is 2. The van der Waals surface area contributed by atoms with E-state index >= 15 is 0 Å². The summed E-state index contributed by atoms with van der Waals surface area (Å²) in [5.41, 5.74) is 6.17. The molecule has 0 aliphatic heterocycles. The zero-order valence-corrected chi connectivity index (χ0v) is 19.1. The van der Waals surface area contributed by atoms with E-state index in [1.54, 1.807) is 12.1 Å². The Morgan fingerprint density at radius 3 is 1.81 bits per heavy atom. The third-order valence-corrected chi connectivity index (χ3v) is 1.16. The largest absolute Gasteiger partial charge is 0 e. The van der Waals surface area contributed by atoms with E-state index < -0.39 is 5.97 Å². The average Bonchev–Trinajstić information content (AvgIpc) is 2.24. The van der Waals surface area contributed by atoms with Gasteiger partial charge in [-0.15, -0.1) is 0 Å². The Hall–Kier alpha value is 2.11. The van der Waals surface area contributed by atoms with Crippen molar-refractivity contribution in [2.45, 2.75) is 13.8 Å². The molecule has 0 atom stereocenters. The fourth-order valence-electron chi connectivity index (χ4n) is 0.626. The topological polar surface area (TPSA) is 63.3 Å². The third-order valence-electron chi connectivity index (χ3n) is 1.16. The summed E-state index contributed by atoms with van der Waals surface area (Å²) < 4.78 is 4.62. The van der Waals surface area contributed by atoms with Crippen LogP contribution in [0.5, 0.6) is 0 Å². The van der Waals surface area contributed by atoms with E-state index in [9.17, 15) is 4.79 Å². The number of carboxylic acid groups (broad SMARTS) is 1. The predicted molar refractivity (Wildman–Crippen MR) is 60.7 cm³/mol. The number of aromatic carboxylic acids is 1. The number of nitrogens with two attached hydrogens (primary N) is 1. The molecule has 3 nitrogen and oxygen atoms in total. The van der Waals surface area contributed by atoms with E-state index in [0.717, 1.165) is 35.0 Å². The Kier molecular flexibility index (Phi) is 32.4. The summed E-state index contributed by atoms with van der Waals surface area (Å²) in [5, 5.41) is 8.43. The molecule has 16 heavy (non-hydrogen) atoms. The van der Waals surface area contributed by atoms with Crippen molar-refractivity contribution in [3.8, 4) is 0 Å². The summed E-state index contributed by atoms with van der Waals surface area (Å²) in [6, 6.07) is 6.06. The number of hydrogen-bond acceptors (Lipinski definition) is 2. The van der Waals surface area contributed by atoms with Crippen LogP contribution in [0, 0.1) is 41.7 Å². The fraction of sp³-hybridized carbons (Fsp3) is 0.222. The van der Waals surface area contributed by atoms with Gasteiger partial charge in [-0.3, -0.25) is 0 Å². The summed E-state index contributed by atoms with van der Waals surface area (Å²) in [7, 11) is 0. The van der Waals surface area contributed by atoms with Crippen molar-refractivity contribution in [1.82, 2.24) is 0 Å². The minimum atomic E-state index is -0.931. The monoisotopic (exact) mass is 472 g/mol. The van der Waals surface area contributed by atoms with Crippen LogP contribution >= 0.6 is 0 Å². The van der Waals surface area contributed by atoms with Gasteiger partial charge in [0.05, 0.1) is 5.56 Å². The molecule has 1 rings (SSSR count). The Bertz CT molecular complexity index is 275. The Morgan fingerprint density at radius 1 is 1.25 bits per heavy atom. The van der Waals surface area contributed by atoms with Gasteiger partial charge < -0.3 is 10.8 Å². The Labute approximate surface area is 174 Å². The molecule has 0 saturated carbocycles. The zero-order valence-electron chi connectivity index (χ0n) is 9.73. The van der Waals surface area contributed by atoms with Crippen LogP contribution in [0.3, 0.4) is 0 Å². The molecule has 0 aliphatic rings. The summed E-state index contributed by atoms with van der Waals surface area (Å²) >= 11 is 0.875. The predicted octanol–water partition coefficient (Wildman–Crippen LogP) is 1.23. The average molecular weight is 471 g/mol. The summed E-state index contributed by atoms with van der Waals surface area (Å²) in [6.07, 6.45) is 0. The van der Waals surface area contributed by atoms with Crippen LogP contribution in [0.15, 0.2) is 24.3 Å². The van der Waals surface area contributed by atoms with Gasteiger partial charge in [-0.2, -0.15) is 0 Å². The van der Waals surface area contributed by atoms with Gasteiger partial charge in [0, 0.05) is 74.7 Å². The van der Waals surface area contributed by atoms with E-state index in [-0.39, 0.29) is 74.6 Å². The van der Waals surface area contributed by atoms with Crippen molar-refractivity contribution in [3.63, 3.8) is 0 Å². The Morgan fingerprint density at radius 2 is 1.56 bits per heavy atom. The quantitative estimate of drug-likeness (QED) is 0.480. The molecule has 7 heteroatoms. The molecule has 0 unspecified atom stereocenters. The number of nitrogen functional groups attached to an aromatic ring is 1. The molecular formula is C9H13BCaCdCeNO2. The van der Waals surface area contributed by atoms with Crippen molar-refractivity contribution in [2.24, 2.45) is 0 Å². The molecule has 0 bridgehead atoms. The van der Waals surface area contributed by atoms with Crippen LogP contribution in [-0.2, 0) is 27.3 Å². The van der Waals surface area contributed by atoms with Crippen molar-refractivity contribution < 1.29 is 78.9 Å². The first-order valence-electron chi connectivity index (χ1n) is 4.20. The molecule has 0 aliphatic carbocycles. The summed E-state index contributed by atoms with van der Waals surface area (Å²) in [4.78, 5) is 10.3. The first kappa shape index (κ1) is 26.6. The minimum Gasteiger partial charge on any atom is 0 e. The van der Waals surface area contributed by atoms with Crippen LogP contribution < -0.4 is 5.73 Å². The third kappa shape index (κ3) is 14.2.